The lowest BCUT2D eigenvalue weighted by Crippen LogP contribution is -2.67. The monoisotopic (exact) mass is 431 g/mol. The van der Waals surface area contributed by atoms with E-state index in [9.17, 15) is 9.90 Å². The van der Waals surface area contributed by atoms with Crippen molar-refractivity contribution in [2.75, 3.05) is 6.61 Å². The van der Waals surface area contributed by atoms with Crippen LogP contribution >= 0.6 is 0 Å². The molecule has 8 nitrogen and oxygen atoms in total. The molecule has 2 aliphatic heterocycles. The van der Waals surface area contributed by atoms with Crippen molar-refractivity contribution >= 4 is 5.91 Å². The molecule has 0 saturated carbocycles. The van der Waals surface area contributed by atoms with E-state index >= 15 is 0 Å². The first kappa shape index (κ1) is 21.8. The molecule has 2 saturated heterocycles. The molecular formula is C23H29NO7. The molecule has 8 heteroatoms. The molecule has 1 amide bonds. The Bertz CT molecular complexity index is 874. The van der Waals surface area contributed by atoms with Crippen LogP contribution in [0, 0.1) is 0 Å². The van der Waals surface area contributed by atoms with Crippen molar-refractivity contribution in [1.82, 2.24) is 5.32 Å². The van der Waals surface area contributed by atoms with Crippen LogP contribution in [0.5, 0.6) is 5.75 Å². The zero-order valence-corrected chi connectivity index (χ0v) is 18.1. The summed E-state index contributed by atoms with van der Waals surface area (Å²) in [5, 5.41) is 13.8. The number of benzene rings is 1. The Morgan fingerprint density at radius 3 is 2.52 bits per heavy atom. The Labute approximate surface area is 181 Å². The Balaban J connectivity index is 1.51. The number of furan rings is 1. The van der Waals surface area contributed by atoms with E-state index < -0.39 is 36.9 Å². The molecule has 6 unspecified atom stereocenters. The normalized spacial score (nSPS) is 31.0. The molecule has 3 heterocycles. The lowest BCUT2D eigenvalue weighted by atomic mass is 9.87. The molecule has 0 bridgehead atoms. The minimum atomic E-state index is -1.07. The maximum Gasteiger partial charge on any atom is 0.223 e. The summed E-state index contributed by atoms with van der Waals surface area (Å²) in [6, 6.07) is 10.3. The number of nitrogens with one attached hydrogen (secondary N) is 1. The number of fused-ring (bicyclic) bond motifs is 1. The van der Waals surface area contributed by atoms with E-state index in [0.717, 1.165) is 0 Å². The van der Waals surface area contributed by atoms with Gasteiger partial charge in [-0.25, -0.2) is 0 Å². The third kappa shape index (κ3) is 4.77. The van der Waals surface area contributed by atoms with E-state index in [1.54, 1.807) is 12.1 Å². The number of ether oxygens (including phenoxy) is 4. The largest absolute Gasteiger partial charge is 0.464 e. The van der Waals surface area contributed by atoms with Crippen molar-refractivity contribution < 1.29 is 33.3 Å². The Hall–Kier alpha value is -2.39. The van der Waals surface area contributed by atoms with E-state index in [4.69, 9.17) is 23.4 Å². The molecular weight excluding hydrogens is 402 g/mol. The number of amides is 1. The van der Waals surface area contributed by atoms with Crippen LogP contribution in [0.2, 0.25) is 0 Å². The molecule has 2 fully saturated rings. The summed E-state index contributed by atoms with van der Waals surface area (Å²) in [4.78, 5) is 11.8. The van der Waals surface area contributed by atoms with Gasteiger partial charge < -0.3 is 33.8 Å². The average molecular weight is 431 g/mol. The molecule has 2 N–H and O–H groups in total. The predicted octanol–water partition coefficient (Wildman–Crippen LogP) is 2.66. The van der Waals surface area contributed by atoms with Gasteiger partial charge in [-0.2, -0.15) is 0 Å². The topological polar surface area (TPSA) is 99.4 Å². The van der Waals surface area contributed by atoms with Gasteiger partial charge in [0.25, 0.3) is 0 Å². The molecule has 168 valence electrons. The molecule has 31 heavy (non-hydrogen) atoms. The second-order valence-electron chi connectivity index (χ2n) is 8.93. The summed E-state index contributed by atoms with van der Waals surface area (Å²) in [5.41, 5.74) is 1.18. The minimum absolute atomic E-state index is 0.0172. The zero-order chi connectivity index (χ0) is 22.2. The first-order valence-electron chi connectivity index (χ1n) is 10.4. The van der Waals surface area contributed by atoms with Crippen LogP contribution in [0.15, 0.2) is 47.1 Å². The summed E-state index contributed by atoms with van der Waals surface area (Å²) in [7, 11) is 0. The van der Waals surface area contributed by atoms with Crippen molar-refractivity contribution in [2.45, 2.75) is 70.0 Å². The number of carbonyl (C=O) groups is 1. The molecule has 4 rings (SSSR count). The first-order chi connectivity index (χ1) is 14.7. The van der Waals surface area contributed by atoms with Gasteiger partial charge in [0.15, 0.2) is 5.76 Å². The third-order valence-corrected chi connectivity index (χ3v) is 5.48. The van der Waals surface area contributed by atoms with Crippen molar-refractivity contribution in [1.29, 1.82) is 0 Å². The Morgan fingerprint density at radius 2 is 1.90 bits per heavy atom. The molecule has 0 aliphatic carbocycles. The lowest BCUT2D eigenvalue weighted by molar-refractivity contribution is -0.336. The van der Waals surface area contributed by atoms with Crippen LogP contribution in [0.3, 0.4) is 0 Å². The van der Waals surface area contributed by atoms with Crippen molar-refractivity contribution in [3.63, 3.8) is 0 Å². The second-order valence-corrected chi connectivity index (χ2v) is 8.93. The lowest BCUT2D eigenvalue weighted by Gasteiger charge is -2.47. The highest BCUT2D eigenvalue weighted by atomic mass is 16.8. The highest BCUT2D eigenvalue weighted by Crippen LogP contribution is 2.35. The van der Waals surface area contributed by atoms with Crippen LogP contribution in [0.4, 0.5) is 0 Å². The van der Waals surface area contributed by atoms with Crippen LogP contribution in [0.25, 0.3) is 0 Å². The van der Waals surface area contributed by atoms with E-state index in [1.165, 1.54) is 18.8 Å². The maximum absolute atomic E-state index is 11.8. The predicted molar refractivity (Wildman–Crippen MR) is 110 cm³/mol. The van der Waals surface area contributed by atoms with Crippen LogP contribution in [0.1, 0.15) is 45.3 Å². The van der Waals surface area contributed by atoms with Crippen molar-refractivity contribution in [3.05, 3.63) is 54.0 Å². The maximum atomic E-state index is 11.8. The van der Waals surface area contributed by atoms with Crippen molar-refractivity contribution in [3.8, 4) is 5.75 Å². The first-order valence-corrected chi connectivity index (χ1v) is 10.4. The number of rotatable bonds is 4. The molecule has 2 aromatic rings. The molecule has 6 atom stereocenters. The summed E-state index contributed by atoms with van der Waals surface area (Å²) in [5.74, 6) is 0.765. The van der Waals surface area contributed by atoms with Gasteiger partial charge in [0.2, 0.25) is 18.5 Å². The van der Waals surface area contributed by atoms with Gasteiger partial charge in [0, 0.05) is 6.92 Å². The fraction of sp³-hybridized carbons (Fsp3) is 0.522. The van der Waals surface area contributed by atoms with Gasteiger partial charge in [0.05, 0.1) is 12.9 Å². The highest BCUT2D eigenvalue weighted by Gasteiger charge is 2.51. The molecule has 0 spiro atoms. The summed E-state index contributed by atoms with van der Waals surface area (Å²) >= 11 is 0. The summed E-state index contributed by atoms with van der Waals surface area (Å²) in [6.45, 7) is 7.97. The van der Waals surface area contributed by atoms with E-state index in [-0.39, 0.29) is 17.9 Å². The fourth-order valence-corrected chi connectivity index (χ4v) is 3.82. The van der Waals surface area contributed by atoms with Crippen molar-refractivity contribution in [2.24, 2.45) is 0 Å². The standard InChI is InChI=1S/C23H29NO7/c1-13(25)24-18-19(26)20-17(12-28-21(31-20)16-6-5-11-27-16)30-22(18)29-15-9-7-14(8-10-15)23(2,3)4/h5-11,17-22,26H,12H2,1-4H3,(H,24,25). The third-order valence-electron chi connectivity index (χ3n) is 5.48. The van der Waals surface area contributed by atoms with Gasteiger partial charge in [-0.3, -0.25) is 4.79 Å². The average Bonchev–Trinajstić information content (AvgIpc) is 3.25. The van der Waals surface area contributed by atoms with Crippen LogP contribution in [-0.4, -0.2) is 48.3 Å². The summed E-state index contributed by atoms with van der Waals surface area (Å²) in [6.07, 6.45) is -2.49. The number of hydrogen-bond donors (Lipinski definition) is 2. The van der Waals surface area contributed by atoms with E-state index in [2.05, 4.69) is 26.1 Å². The smallest absolute Gasteiger partial charge is 0.223 e. The Kier molecular flexibility index (Phi) is 6.07. The zero-order valence-electron chi connectivity index (χ0n) is 18.1. The number of aliphatic hydroxyl groups excluding tert-OH is 1. The molecule has 1 aromatic heterocycles. The van der Waals surface area contributed by atoms with Crippen LogP contribution < -0.4 is 10.1 Å². The number of hydrogen-bond acceptors (Lipinski definition) is 7. The highest BCUT2D eigenvalue weighted by molar-refractivity contribution is 5.73. The van der Waals surface area contributed by atoms with E-state index in [0.29, 0.717) is 11.5 Å². The Morgan fingerprint density at radius 1 is 1.16 bits per heavy atom. The van der Waals surface area contributed by atoms with Gasteiger partial charge in [-0.1, -0.05) is 32.9 Å². The second kappa shape index (κ2) is 8.63. The van der Waals surface area contributed by atoms with Gasteiger partial charge in [-0.05, 0) is 35.2 Å². The SMILES string of the molecule is CC(=O)NC1C(Oc2ccc(C(C)(C)C)cc2)OC2COC(c3ccco3)OC2C1O. The van der Waals surface area contributed by atoms with E-state index in [1.807, 2.05) is 24.3 Å². The minimum Gasteiger partial charge on any atom is -0.464 e. The van der Waals surface area contributed by atoms with Gasteiger partial charge in [-0.15, -0.1) is 0 Å². The molecule has 1 aromatic carbocycles. The van der Waals surface area contributed by atoms with Gasteiger partial charge >= 0.3 is 0 Å². The number of carbonyl (C=O) groups excluding carboxylic acids is 1. The summed E-state index contributed by atoms with van der Waals surface area (Å²) < 4.78 is 29.1. The quantitative estimate of drug-likeness (QED) is 0.768. The fourth-order valence-electron chi connectivity index (χ4n) is 3.82. The van der Waals surface area contributed by atoms with Crippen LogP contribution in [-0.2, 0) is 24.4 Å². The molecule has 2 aliphatic rings. The number of aliphatic hydroxyl groups is 1. The molecule has 0 radical (unpaired) electrons. The van der Waals surface area contributed by atoms with Gasteiger partial charge in [0.1, 0.15) is 30.1 Å².